The Balaban J connectivity index is 0.000000791. The van der Waals surface area contributed by atoms with E-state index in [4.69, 9.17) is 23.2 Å². The molecule has 0 aliphatic carbocycles. The van der Waals surface area contributed by atoms with Crippen LogP contribution in [0.1, 0.15) is 34.8 Å². The van der Waals surface area contributed by atoms with Crippen LogP contribution in [0.2, 0.25) is 0 Å². The summed E-state index contributed by atoms with van der Waals surface area (Å²) in [7, 11) is 0. The fourth-order valence-corrected chi connectivity index (χ4v) is 0.864. The monoisotopic (exact) mass is 233 g/mol. The van der Waals surface area contributed by atoms with Gasteiger partial charge in [0.05, 0.1) is 0 Å². The van der Waals surface area contributed by atoms with Crippen LogP contribution in [0.25, 0.3) is 0 Å². The molecule has 1 heterocycles. The lowest BCUT2D eigenvalue weighted by atomic mass is 10.3. The molecule has 3 nitrogen and oxygen atoms in total. The van der Waals surface area contributed by atoms with Gasteiger partial charge in [-0.1, -0.05) is 19.9 Å². The summed E-state index contributed by atoms with van der Waals surface area (Å²) in [5.41, 5.74) is 0.0336. The van der Waals surface area contributed by atoms with Gasteiger partial charge in [0, 0.05) is 0 Å². The second-order valence-electron chi connectivity index (χ2n) is 1.96. The van der Waals surface area contributed by atoms with Gasteiger partial charge >= 0.3 is 0 Å². The van der Waals surface area contributed by atoms with Gasteiger partial charge in [-0.25, -0.2) is 4.98 Å². The van der Waals surface area contributed by atoms with Gasteiger partial charge in [-0.2, -0.15) is 0 Å². The predicted octanol–water partition coefficient (Wildman–Crippen LogP) is 2.87. The fourth-order valence-electron chi connectivity index (χ4n) is 0.654. The third-order valence-electron chi connectivity index (χ3n) is 1.15. The molecule has 0 aliphatic heterocycles. The van der Waals surface area contributed by atoms with Crippen LogP contribution in [0.3, 0.4) is 0 Å². The second kappa shape index (κ2) is 6.51. The Kier molecular flexibility index (Phi) is 6.08. The summed E-state index contributed by atoms with van der Waals surface area (Å²) in [5.74, 6) is 0. The molecule has 76 valence electrons. The summed E-state index contributed by atoms with van der Waals surface area (Å²) in [6, 6.07) is 4.29. The molecule has 1 aromatic rings. The largest absolute Gasteiger partial charge is 0.274 e. The van der Waals surface area contributed by atoms with Crippen molar-refractivity contribution in [1.29, 1.82) is 0 Å². The Labute approximate surface area is 92.0 Å². The highest BCUT2D eigenvalue weighted by Gasteiger charge is 2.07. The minimum absolute atomic E-state index is 0.0168. The van der Waals surface area contributed by atoms with E-state index in [-0.39, 0.29) is 11.4 Å². The van der Waals surface area contributed by atoms with Crippen molar-refractivity contribution in [3.8, 4) is 0 Å². The van der Waals surface area contributed by atoms with Gasteiger partial charge in [0.1, 0.15) is 11.4 Å². The molecule has 1 aromatic heterocycles. The van der Waals surface area contributed by atoms with E-state index in [0.29, 0.717) is 0 Å². The van der Waals surface area contributed by atoms with Crippen LogP contribution in [0.5, 0.6) is 0 Å². The number of hydrogen-bond donors (Lipinski definition) is 0. The Morgan fingerprint density at radius 1 is 1.07 bits per heavy atom. The first-order valence-corrected chi connectivity index (χ1v) is 4.73. The van der Waals surface area contributed by atoms with E-state index in [2.05, 4.69) is 4.98 Å². The van der Waals surface area contributed by atoms with Crippen molar-refractivity contribution < 1.29 is 9.59 Å². The van der Waals surface area contributed by atoms with Crippen molar-refractivity contribution in [3.63, 3.8) is 0 Å². The molecule has 0 spiro atoms. The molecule has 0 bridgehead atoms. The van der Waals surface area contributed by atoms with Crippen molar-refractivity contribution in [3.05, 3.63) is 29.6 Å². The fraction of sp³-hybridized carbons (Fsp3) is 0.222. The molecule has 5 heteroatoms. The molecule has 0 saturated carbocycles. The zero-order valence-corrected chi connectivity index (χ0v) is 9.26. The first-order valence-electron chi connectivity index (χ1n) is 3.98. The number of hydrogen-bond acceptors (Lipinski definition) is 3. The lowest BCUT2D eigenvalue weighted by Crippen LogP contribution is -2.00. The second-order valence-corrected chi connectivity index (χ2v) is 2.64. The number of carbonyl (C=O) groups is 2. The molecule has 0 atom stereocenters. The van der Waals surface area contributed by atoms with E-state index < -0.39 is 10.5 Å². The van der Waals surface area contributed by atoms with Gasteiger partial charge < -0.3 is 0 Å². The average Bonchev–Trinajstić information content (AvgIpc) is 2.21. The van der Waals surface area contributed by atoms with Crippen molar-refractivity contribution in [2.45, 2.75) is 13.8 Å². The molecule has 0 saturated heterocycles. The van der Waals surface area contributed by atoms with E-state index in [9.17, 15) is 9.59 Å². The van der Waals surface area contributed by atoms with Gasteiger partial charge in [-0.3, -0.25) is 9.59 Å². The van der Waals surface area contributed by atoms with E-state index in [0.717, 1.165) is 0 Å². The Morgan fingerprint density at radius 2 is 1.43 bits per heavy atom. The number of pyridine rings is 1. The van der Waals surface area contributed by atoms with Gasteiger partial charge in [0.25, 0.3) is 10.5 Å². The van der Waals surface area contributed by atoms with Gasteiger partial charge in [0.2, 0.25) is 0 Å². The molecule has 0 aromatic carbocycles. The summed E-state index contributed by atoms with van der Waals surface area (Å²) in [6.07, 6.45) is 0. The SMILES string of the molecule is CC.O=C(Cl)c1cccc(C(=O)Cl)n1. The van der Waals surface area contributed by atoms with Crippen molar-refractivity contribution >= 4 is 33.7 Å². The molecule has 0 amide bonds. The van der Waals surface area contributed by atoms with E-state index in [1.807, 2.05) is 13.8 Å². The maximum atomic E-state index is 10.6. The molecule has 0 fully saturated rings. The highest BCUT2D eigenvalue weighted by atomic mass is 35.5. The molecular formula is C9H9Cl2NO2. The zero-order chi connectivity index (χ0) is 11.1. The lowest BCUT2D eigenvalue weighted by Gasteiger charge is -1.94. The number of rotatable bonds is 2. The van der Waals surface area contributed by atoms with E-state index in [1.54, 1.807) is 0 Å². The van der Waals surface area contributed by atoms with Crippen molar-refractivity contribution in [1.82, 2.24) is 4.98 Å². The van der Waals surface area contributed by atoms with Crippen LogP contribution in [0.15, 0.2) is 18.2 Å². The Hall–Kier alpha value is -0.930. The highest BCUT2D eigenvalue weighted by molar-refractivity contribution is 6.68. The predicted molar refractivity (Wildman–Crippen MR) is 56.0 cm³/mol. The van der Waals surface area contributed by atoms with E-state index >= 15 is 0 Å². The normalized spacial score (nSPS) is 8.57. The molecular weight excluding hydrogens is 225 g/mol. The summed E-state index contributed by atoms with van der Waals surface area (Å²) in [5, 5.41) is -1.43. The van der Waals surface area contributed by atoms with Crippen LogP contribution >= 0.6 is 23.2 Å². The van der Waals surface area contributed by atoms with Gasteiger partial charge in [-0.15, -0.1) is 0 Å². The summed E-state index contributed by atoms with van der Waals surface area (Å²) < 4.78 is 0. The number of carbonyl (C=O) groups excluding carboxylic acids is 2. The van der Waals surface area contributed by atoms with Crippen LogP contribution < -0.4 is 0 Å². The molecule has 0 unspecified atom stereocenters. The number of halogens is 2. The maximum Gasteiger partial charge on any atom is 0.270 e. The van der Waals surface area contributed by atoms with Crippen molar-refractivity contribution in [2.24, 2.45) is 0 Å². The lowest BCUT2D eigenvalue weighted by molar-refractivity contribution is 0.107. The molecule has 1 rings (SSSR count). The Morgan fingerprint density at radius 3 is 1.71 bits per heavy atom. The van der Waals surface area contributed by atoms with Gasteiger partial charge in [-0.05, 0) is 35.3 Å². The highest BCUT2D eigenvalue weighted by Crippen LogP contribution is 2.04. The van der Waals surface area contributed by atoms with Crippen LogP contribution in [0, 0.1) is 0 Å². The minimum atomic E-state index is -0.713. The summed E-state index contributed by atoms with van der Waals surface area (Å²) >= 11 is 10.2. The molecule has 14 heavy (non-hydrogen) atoms. The topological polar surface area (TPSA) is 47.0 Å². The minimum Gasteiger partial charge on any atom is -0.274 e. The summed E-state index contributed by atoms with van der Waals surface area (Å²) in [6.45, 7) is 4.00. The molecule has 0 radical (unpaired) electrons. The molecule has 0 N–H and O–H groups in total. The Bertz CT molecular complexity index is 310. The third-order valence-corrected chi connectivity index (χ3v) is 1.54. The number of nitrogens with zero attached hydrogens (tertiary/aromatic N) is 1. The van der Waals surface area contributed by atoms with Crippen LogP contribution in [-0.2, 0) is 0 Å². The first-order chi connectivity index (χ1) is 6.61. The number of aromatic nitrogens is 1. The van der Waals surface area contributed by atoms with Crippen molar-refractivity contribution in [2.75, 3.05) is 0 Å². The van der Waals surface area contributed by atoms with Gasteiger partial charge in [0.15, 0.2) is 0 Å². The quantitative estimate of drug-likeness (QED) is 0.739. The summed E-state index contributed by atoms with van der Waals surface area (Å²) in [4.78, 5) is 24.7. The van der Waals surface area contributed by atoms with E-state index in [1.165, 1.54) is 18.2 Å². The van der Waals surface area contributed by atoms with Crippen LogP contribution in [-0.4, -0.2) is 15.5 Å². The molecule has 0 aliphatic rings. The zero-order valence-electron chi connectivity index (χ0n) is 7.75. The maximum absolute atomic E-state index is 10.6. The van der Waals surface area contributed by atoms with Crippen LogP contribution in [0.4, 0.5) is 0 Å². The first kappa shape index (κ1) is 13.1. The smallest absolute Gasteiger partial charge is 0.270 e. The third kappa shape index (κ3) is 3.85. The standard InChI is InChI=1S/C7H3Cl2NO2.C2H6/c8-6(11)4-2-1-3-5(10-4)7(9)12;1-2/h1-3H;1-2H3. The average molecular weight is 234 g/mol.